The number of nitrogens with one attached hydrogen (secondary N) is 2. The van der Waals surface area contributed by atoms with Gasteiger partial charge in [-0.05, 0) is 36.4 Å². The predicted molar refractivity (Wildman–Crippen MR) is 83.3 cm³/mol. The predicted octanol–water partition coefficient (Wildman–Crippen LogP) is 2.56. The summed E-state index contributed by atoms with van der Waals surface area (Å²) in [6, 6.07) is 13.8. The minimum atomic E-state index is -0.665. The Kier molecular flexibility index (Phi) is 4.33. The van der Waals surface area contributed by atoms with E-state index in [0.717, 1.165) is 0 Å². The van der Waals surface area contributed by atoms with Gasteiger partial charge in [0.2, 0.25) is 0 Å². The van der Waals surface area contributed by atoms with Gasteiger partial charge in [0, 0.05) is 6.20 Å². The number of pyridine rings is 1. The molecule has 7 heteroatoms. The number of hydrazine groups is 1. The van der Waals surface area contributed by atoms with Gasteiger partial charge in [-0.2, -0.15) is 0 Å². The number of carbonyl (C=O) groups is 2. The van der Waals surface area contributed by atoms with Crippen LogP contribution in [0.4, 0.5) is 4.39 Å². The number of benzene rings is 1. The first-order valence-corrected chi connectivity index (χ1v) is 7.01. The Labute approximate surface area is 136 Å². The third-order valence-electron chi connectivity index (χ3n) is 3.16. The van der Waals surface area contributed by atoms with Crippen LogP contribution in [0.2, 0.25) is 0 Å². The van der Waals surface area contributed by atoms with E-state index in [0.29, 0.717) is 0 Å². The van der Waals surface area contributed by atoms with Gasteiger partial charge in [0.15, 0.2) is 5.76 Å². The fourth-order valence-corrected chi connectivity index (χ4v) is 2.00. The number of nitrogens with zero attached hydrogens (tertiary/aromatic N) is 1. The lowest BCUT2D eigenvalue weighted by atomic mass is 10.1. The fraction of sp³-hybridized carbons (Fsp3) is 0. The second-order valence-corrected chi connectivity index (χ2v) is 4.77. The van der Waals surface area contributed by atoms with Crippen LogP contribution in [0.3, 0.4) is 0 Å². The highest BCUT2D eigenvalue weighted by Gasteiger charge is 2.15. The zero-order valence-electron chi connectivity index (χ0n) is 12.3. The molecule has 0 spiro atoms. The molecule has 0 aliphatic heterocycles. The molecule has 24 heavy (non-hydrogen) atoms. The van der Waals surface area contributed by atoms with Crippen molar-refractivity contribution in [3.8, 4) is 11.3 Å². The van der Waals surface area contributed by atoms with Crippen LogP contribution in [0.25, 0.3) is 11.3 Å². The number of amides is 2. The molecule has 120 valence electrons. The number of aromatic nitrogens is 1. The van der Waals surface area contributed by atoms with Gasteiger partial charge in [-0.3, -0.25) is 25.4 Å². The molecule has 6 nitrogen and oxygen atoms in total. The molecule has 0 bridgehead atoms. The molecular weight excluding hydrogens is 313 g/mol. The topological polar surface area (TPSA) is 84.2 Å². The Hall–Kier alpha value is -3.48. The van der Waals surface area contributed by atoms with Gasteiger partial charge < -0.3 is 4.42 Å². The van der Waals surface area contributed by atoms with E-state index in [9.17, 15) is 14.0 Å². The summed E-state index contributed by atoms with van der Waals surface area (Å²) in [7, 11) is 0. The van der Waals surface area contributed by atoms with E-state index in [1.165, 1.54) is 30.5 Å². The van der Waals surface area contributed by atoms with Gasteiger partial charge >= 0.3 is 5.91 Å². The maximum Gasteiger partial charge on any atom is 0.305 e. The van der Waals surface area contributed by atoms with Crippen LogP contribution in [-0.2, 0) is 0 Å². The smallest absolute Gasteiger partial charge is 0.305 e. The Morgan fingerprint density at radius 1 is 0.917 bits per heavy atom. The highest BCUT2D eigenvalue weighted by molar-refractivity contribution is 5.97. The van der Waals surface area contributed by atoms with Gasteiger partial charge in [0.05, 0.1) is 5.56 Å². The van der Waals surface area contributed by atoms with Crippen molar-refractivity contribution < 1.29 is 18.4 Å². The van der Waals surface area contributed by atoms with E-state index in [4.69, 9.17) is 4.42 Å². The minimum Gasteiger partial charge on any atom is -0.451 e. The number of carbonyl (C=O) groups excluding carboxylic acids is 2. The number of rotatable bonds is 3. The fourth-order valence-electron chi connectivity index (χ4n) is 2.00. The molecular formula is C17H12FN3O3. The summed E-state index contributed by atoms with van der Waals surface area (Å²) in [6.07, 6.45) is 1.46. The molecule has 0 unspecified atom stereocenters. The Balaban J connectivity index is 1.66. The second-order valence-electron chi connectivity index (χ2n) is 4.77. The van der Waals surface area contributed by atoms with Crippen molar-refractivity contribution in [1.82, 2.24) is 15.8 Å². The van der Waals surface area contributed by atoms with E-state index in [1.54, 1.807) is 30.3 Å². The van der Waals surface area contributed by atoms with Gasteiger partial charge in [-0.15, -0.1) is 0 Å². The van der Waals surface area contributed by atoms with Crippen LogP contribution >= 0.6 is 0 Å². The normalized spacial score (nSPS) is 10.2. The van der Waals surface area contributed by atoms with Crippen molar-refractivity contribution in [1.29, 1.82) is 0 Å². The summed E-state index contributed by atoms with van der Waals surface area (Å²) in [5.41, 5.74) is 4.83. The summed E-state index contributed by atoms with van der Waals surface area (Å²) in [4.78, 5) is 27.6. The van der Waals surface area contributed by atoms with Crippen molar-refractivity contribution in [3.05, 3.63) is 78.1 Å². The monoisotopic (exact) mass is 325 g/mol. The molecule has 0 atom stereocenters. The number of furan rings is 1. The van der Waals surface area contributed by atoms with Gasteiger partial charge in [0.1, 0.15) is 17.3 Å². The van der Waals surface area contributed by atoms with Crippen LogP contribution in [0.5, 0.6) is 0 Å². The first-order valence-electron chi connectivity index (χ1n) is 7.01. The molecule has 2 N–H and O–H groups in total. The van der Waals surface area contributed by atoms with Crippen LogP contribution < -0.4 is 10.9 Å². The first-order chi connectivity index (χ1) is 11.6. The largest absolute Gasteiger partial charge is 0.451 e. The van der Waals surface area contributed by atoms with Crippen LogP contribution in [-0.4, -0.2) is 16.8 Å². The van der Waals surface area contributed by atoms with Crippen molar-refractivity contribution in [2.24, 2.45) is 0 Å². The molecule has 0 saturated carbocycles. The maximum atomic E-state index is 13.7. The van der Waals surface area contributed by atoms with E-state index >= 15 is 0 Å². The molecule has 0 aliphatic rings. The molecule has 2 amide bonds. The van der Waals surface area contributed by atoms with Gasteiger partial charge in [0.25, 0.3) is 5.91 Å². The maximum absolute atomic E-state index is 13.7. The quantitative estimate of drug-likeness (QED) is 0.725. The summed E-state index contributed by atoms with van der Waals surface area (Å²) in [5.74, 6) is -1.53. The lowest BCUT2D eigenvalue weighted by Gasteiger charge is -2.05. The van der Waals surface area contributed by atoms with E-state index in [-0.39, 0.29) is 22.8 Å². The summed E-state index contributed by atoms with van der Waals surface area (Å²) < 4.78 is 19.0. The van der Waals surface area contributed by atoms with Crippen LogP contribution in [0.1, 0.15) is 21.0 Å². The molecule has 0 radical (unpaired) electrons. The number of hydrogen-bond acceptors (Lipinski definition) is 4. The summed E-state index contributed by atoms with van der Waals surface area (Å²) in [6.45, 7) is 0. The highest BCUT2D eigenvalue weighted by atomic mass is 19.1. The summed E-state index contributed by atoms with van der Waals surface area (Å²) >= 11 is 0. The Morgan fingerprint density at radius 3 is 2.42 bits per heavy atom. The Morgan fingerprint density at radius 2 is 1.67 bits per heavy atom. The molecule has 3 aromatic rings. The van der Waals surface area contributed by atoms with E-state index in [2.05, 4.69) is 15.8 Å². The lowest BCUT2D eigenvalue weighted by Crippen LogP contribution is -2.41. The third-order valence-corrected chi connectivity index (χ3v) is 3.16. The second kappa shape index (κ2) is 6.74. The number of hydrogen-bond donors (Lipinski definition) is 2. The van der Waals surface area contributed by atoms with Crippen molar-refractivity contribution in [3.63, 3.8) is 0 Å². The van der Waals surface area contributed by atoms with Crippen molar-refractivity contribution in [2.45, 2.75) is 0 Å². The van der Waals surface area contributed by atoms with E-state index < -0.39 is 17.6 Å². The average Bonchev–Trinajstić information content (AvgIpc) is 3.10. The van der Waals surface area contributed by atoms with Crippen LogP contribution in [0.15, 0.2) is 65.2 Å². The third kappa shape index (κ3) is 3.30. The Bertz CT molecular complexity index is 878. The van der Waals surface area contributed by atoms with Crippen LogP contribution in [0, 0.1) is 5.82 Å². The molecule has 0 saturated heterocycles. The number of halogens is 1. The minimum absolute atomic E-state index is 0.0606. The zero-order valence-corrected chi connectivity index (χ0v) is 12.3. The molecule has 3 rings (SSSR count). The zero-order chi connectivity index (χ0) is 16.9. The van der Waals surface area contributed by atoms with Gasteiger partial charge in [-0.1, -0.05) is 18.2 Å². The standard InChI is InChI=1S/C17H12FN3O3/c18-12-6-2-1-5-11(12)14-8-9-15(24-14)17(23)21-20-16(22)13-7-3-4-10-19-13/h1-10H,(H,20,22)(H,21,23). The molecule has 1 aromatic carbocycles. The SMILES string of the molecule is O=C(NNC(=O)c1ccc(-c2ccccc2F)o1)c1ccccn1. The van der Waals surface area contributed by atoms with Crippen molar-refractivity contribution >= 4 is 11.8 Å². The molecule has 0 fully saturated rings. The van der Waals surface area contributed by atoms with Crippen molar-refractivity contribution in [2.75, 3.05) is 0 Å². The lowest BCUT2D eigenvalue weighted by molar-refractivity contribution is 0.0829. The molecule has 2 heterocycles. The van der Waals surface area contributed by atoms with Gasteiger partial charge in [-0.25, -0.2) is 4.39 Å². The summed E-state index contributed by atoms with van der Waals surface area (Å²) in [5, 5.41) is 0. The first kappa shape index (κ1) is 15.4. The highest BCUT2D eigenvalue weighted by Crippen LogP contribution is 2.24. The van der Waals surface area contributed by atoms with E-state index in [1.807, 2.05) is 0 Å². The average molecular weight is 325 g/mol. The molecule has 0 aliphatic carbocycles. The molecule has 2 aromatic heterocycles.